The SMILES string of the molecule is Cc1c(C#N)c(NC(=O)CN(C)[C@@H](C)Cc2ccc(O)cc2)n(Cc2ccco2)c1C. The van der Waals surface area contributed by atoms with E-state index < -0.39 is 0 Å². The third kappa shape index (κ3) is 5.16. The number of hydrogen-bond acceptors (Lipinski definition) is 5. The molecule has 2 aromatic heterocycles. The van der Waals surface area contributed by atoms with E-state index in [2.05, 4.69) is 18.3 Å². The standard InChI is InChI=1S/C24H28N4O3/c1-16(12-19-7-9-20(29)10-8-19)27(4)15-23(30)26-24-22(13-25)17(2)18(3)28(24)14-21-6-5-11-31-21/h5-11,16,29H,12,14-15H2,1-4H3,(H,26,30)/t16-/m0/s1. The number of carbonyl (C=O) groups excluding carboxylic acids is 1. The van der Waals surface area contributed by atoms with E-state index in [4.69, 9.17) is 4.42 Å². The first kappa shape index (κ1) is 22.2. The highest BCUT2D eigenvalue weighted by atomic mass is 16.3. The molecule has 0 aliphatic carbocycles. The van der Waals surface area contributed by atoms with Crippen molar-refractivity contribution < 1.29 is 14.3 Å². The van der Waals surface area contributed by atoms with Gasteiger partial charge in [-0.3, -0.25) is 9.69 Å². The predicted octanol–water partition coefficient (Wildman–Crippen LogP) is 3.83. The van der Waals surface area contributed by atoms with Crippen LogP contribution in [0.25, 0.3) is 0 Å². The first-order chi connectivity index (χ1) is 14.8. The lowest BCUT2D eigenvalue weighted by Gasteiger charge is -2.24. The van der Waals surface area contributed by atoms with E-state index >= 15 is 0 Å². The fraction of sp³-hybridized carbons (Fsp3) is 0.333. The van der Waals surface area contributed by atoms with Crippen LogP contribution in [0.15, 0.2) is 47.1 Å². The highest BCUT2D eigenvalue weighted by molar-refractivity contribution is 5.93. The van der Waals surface area contributed by atoms with Crippen molar-refractivity contribution in [1.29, 1.82) is 5.26 Å². The van der Waals surface area contributed by atoms with Gasteiger partial charge < -0.3 is 19.4 Å². The van der Waals surface area contributed by atoms with Crippen LogP contribution in [0.1, 0.15) is 35.1 Å². The van der Waals surface area contributed by atoms with Crippen molar-refractivity contribution in [1.82, 2.24) is 9.47 Å². The van der Waals surface area contributed by atoms with Gasteiger partial charge in [-0.15, -0.1) is 0 Å². The van der Waals surface area contributed by atoms with E-state index in [0.717, 1.165) is 29.0 Å². The molecule has 0 saturated heterocycles. The molecule has 0 unspecified atom stereocenters. The summed E-state index contributed by atoms with van der Waals surface area (Å²) in [5, 5.41) is 22.0. The summed E-state index contributed by atoms with van der Waals surface area (Å²) in [4.78, 5) is 14.8. The van der Waals surface area contributed by atoms with Gasteiger partial charge in [0.2, 0.25) is 5.91 Å². The monoisotopic (exact) mass is 420 g/mol. The second-order valence-electron chi connectivity index (χ2n) is 7.89. The van der Waals surface area contributed by atoms with Crippen molar-refractivity contribution in [3.63, 3.8) is 0 Å². The smallest absolute Gasteiger partial charge is 0.239 e. The largest absolute Gasteiger partial charge is 0.508 e. The second-order valence-corrected chi connectivity index (χ2v) is 7.89. The molecule has 31 heavy (non-hydrogen) atoms. The molecule has 0 aliphatic heterocycles. The number of benzene rings is 1. The summed E-state index contributed by atoms with van der Waals surface area (Å²) < 4.78 is 7.36. The van der Waals surface area contributed by atoms with Gasteiger partial charge in [0.1, 0.15) is 23.4 Å². The van der Waals surface area contributed by atoms with Crippen LogP contribution in [0, 0.1) is 25.2 Å². The van der Waals surface area contributed by atoms with Gasteiger partial charge in [0.25, 0.3) is 0 Å². The van der Waals surface area contributed by atoms with Crippen LogP contribution in [-0.2, 0) is 17.8 Å². The summed E-state index contributed by atoms with van der Waals surface area (Å²) in [6.07, 6.45) is 2.36. The van der Waals surface area contributed by atoms with E-state index in [1.165, 1.54) is 0 Å². The van der Waals surface area contributed by atoms with Crippen molar-refractivity contribution in [3.8, 4) is 11.8 Å². The lowest BCUT2D eigenvalue weighted by Crippen LogP contribution is -2.38. The number of amides is 1. The number of aromatic nitrogens is 1. The van der Waals surface area contributed by atoms with Crippen LogP contribution >= 0.6 is 0 Å². The number of phenols is 1. The Kier molecular flexibility index (Phi) is 6.83. The summed E-state index contributed by atoms with van der Waals surface area (Å²) in [5.74, 6) is 1.30. The van der Waals surface area contributed by atoms with E-state index in [1.54, 1.807) is 18.4 Å². The zero-order valence-electron chi connectivity index (χ0n) is 18.3. The molecule has 162 valence electrons. The molecule has 2 heterocycles. The van der Waals surface area contributed by atoms with E-state index in [-0.39, 0.29) is 24.2 Å². The molecule has 0 spiro atoms. The van der Waals surface area contributed by atoms with E-state index in [1.807, 2.05) is 54.6 Å². The Hall–Kier alpha value is -3.50. The number of hydrogen-bond donors (Lipinski definition) is 2. The lowest BCUT2D eigenvalue weighted by atomic mass is 10.1. The Morgan fingerprint density at radius 3 is 2.61 bits per heavy atom. The molecule has 7 heteroatoms. The average molecular weight is 421 g/mol. The topological polar surface area (TPSA) is 94.4 Å². The third-order valence-corrected chi connectivity index (χ3v) is 5.71. The summed E-state index contributed by atoms with van der Waals surface area (Å²) in [7, 11) is 1.90. The van der Waals surface area contributed by atoms with Crippen LogP contribution < -0.4 is 5.32 Å². The highest BCUT2D eigenvalue weighted by Crippen LogP contribution is 2.27. The van der Waals surface area contributed by atoms with Crippen molar-refractivity contribution >= 4 is 11.7 Å². The van der Waals surface area contributed by atoms with Crippen molar-refractivity contribution in [2.75, 3.05) is 18.9 Å². The van der Waals surface area contributed by atoms with Crippen LogP contribution in [0.3, 0.4) is 0 Å². The number of rotatable bonds is 8. The summed E-state index contributed by atoms with van der Waals surface area (Å²) >= 11 is 0. The molecular formula is C24H28N4O3. The van der Waals surface area contributed by atoms with Gasteiger partial charge in [-0.05, 0) is 69.6 Å². The van der Waals surface area contributed by atoms with E-state index in [9.17, 15) is 15.2 Å². The highest BCUT2D eigenvalue weighted by Gasteiger charge is 2.21. The van der Waals surface area contributed by atoms with Gasteiger partial charge >= 0.3 is 0 Å². The summed E-state index contributed by atoms with van der Waals surface area (Å²) in [6, 6.07) is 13.1. The number of nitriles is 1. The summed E-state index contributed by atoms with van der Waals surface area (Å²) in [5.41, 5.74) is 3.32. The molecule has 1 atom stereocenters. The Morgan fingerprint density at radius 2 is 2.00 bits per heavy atom. The Labute approximate surface area is 182 Å². The zero-order valence-corrected chi connectivity index (χ0v) is 18.3. The number of phenolic OH excluding ortho intramolecular Hbond substituents is 1. The Morgan fingerprint density at radius 1 is 1.29 bits per heavy atom. The molecule has 0 saturated carbocycles. The van der Waals surface area contributed by atoms with Crippen LogP contribution in [-0.4, -0.2) is 40.1 Å². The molecule has 0 aliphatic rings. The van der Waals surface area contributed by atoms with Gasteiger partial charge in [0.15, 0.2) is 0 Å². The van der Waals surface area contributed by atoms with Crippen molar-refractivity contribution in [2.45, 2.75) is 39.8 Å². The normalized spacial score (nSPS) is 12.0. The first-order valence-electron chi connectivity index (χ1n) is 10.2. The Bertz CT molecular complexity index is 1080. The maximum absolute atomic E-state index is 12.8. The lowest BCUT2D eigenvalue weighted by molar-refractivity contribution is -0.117. The quantitative estimate of drug-likeness (QED) is 0.578. The van der Waals surface area contributed by atoms with Crippen LogP contribution in [0.2, 0.25) is 0 Å². The fourth-order valence-electron chi connectivity index (χ4n) is 3.57. The van der Waals surface area contributed by atoms with E-state index in [0.29, 0.717) is 17.9 Å². The maximum Gasteiger partial charge on any atom is 0.239 e. The van der Waals surface area contributed by atoms with Gasteiger partial charge in [-0.1, -0.05) is 12.1 Å². The molecule has 3 rings (SSSR count). The average Bonchev–Trinajstić information content (AvgIpc) is 3.32. The summed E-state index contributed by atoms with van der Waals surface area (Å²) in [6.45, 7) is 6.49. The van der Waals surface area contributed by atoms with Crippen molar-refractivity contribution in [2.24, 2.45) is 0 Å². The maximum atomic E-state index is 12.8. The first-order valence-corrected chi connectivity index (χ1v) is 10.2. The molecule has 0 bridgehead atoms. The van der Waals surface area contributed by atoms with Crippen molar-refractivity contribution in [3.05, 3.63) is 70.8 Å². The fourth-order valence-corrected chi connectivity index (χ4v) is 3.57. The number of anilines is 1. The van der Waals surface area contributed by atoms with Gasteiger partial charge in [0.05, 0.1) is 24.9 Å². The van der Waals surface area contributed by atoms with Gasteiger partial charge in [-0.2, -0.15) is 5.26 Å². The number of carbonyl (C=O) groups is 1. The molecule has 1 amide bonds. The number of furan rings is 1. The molecule has 1 aromatic carbocycles. The molecule has 0 radical (unpaired) electrons. The Balaban J connectivity index is 1.71. The molecule has 0 fully saturated rings. The molecule has 7 nitrogen and oxygen atoms in total. The minimum atomic E-state index is -0.185. The molecule has 3 aromatic rings. The van der Waals surface area contributed by atoms with Gasteiger partial charge in [-0.25, -0.2) is 0 Å². The number of likely N-dealkylation sites (N-methyl/N-ethyl adjacent to an activating group) is 1. The van der Waals surface area contributed by atoms with Gasteiger partial charge in [0, 0.05) is 11.7 Å². The molecular weight excluding hydrogens is 392 g/mol. The number of aromatic hydroxyl groups is 1. The third-order valence-electron chi connectivity index (χ3n) is 5.71. The molecule has 2 N–H and O–H groups in total. The minimum Gasteiger partial charge on any atom is -0.508 e. The number of nitrogens with zero attached hydrogens (tertiary/aromatic N) is 3. The number of nitrogens with one attached hydrogen (secondary N) is 1. The second kappa shape index (κ2) is 9.54. The van der Waals surface area contributed by atoms with Crippen LogP contribution in [0.5, 0.6) is 5.75 Å². The predicted molar refractivity (Wildman–Crippen MR) is 119 cm³/mol. The van der Waals surface area contributed by atoms with Crippen LogP contribution in [0.4, 0.5) is 5.82 Å². The minimum absolute atomic E-state index is 0.115. The zero-order chi connectivity index (χ0) is 22.5.